The van der Waals surface area contributed by atoms with E-state index >= 15 is 8.78 Å². The van der Waals surface area contributed by atoms with Gasteiger partial charge in [-0.15, -0.1) is 6.58 Å². The maximum Gasteiger partial charge on any atom is 0.200 e. The number of hydrogen-bond acceptors (Lipinski definition) is 2. The molecule has 0 radical (unpaired) electrons. The normalized spacial score (nSPS) is 17.0. The van der Waals surface area contributed by atoms with Gasteiger partial charge < -0.3 is 9.47 Å². The Kier molecular flexibility index (Phi) is 11.4. The lowest BCUT2D eigenvalue weighted by molar-refractivity contribution is 0.0230. The zero-order chi connectivity index (χ0) is 29.2. The minimum absolute atomic E-state index is 0.00456. The average Bonchev–Trinajstić information content (AvgIpc) is 2.99. The number of hydrogen-bond donors (Lipinski definition) is 0. The van der Waals surface area contributed by atoms with Gasteiger partial charge in [-0.05, 0) is 92.0 Å². The topological polar surface area (TPSA) is 18.5 Å². The van der Waals surface area contributed by atoms with Gasteiger partial charge in [0, 0.05) is 12.2 Å². The van der Waals surface area contributed by atoms with Gasteiger partial charge in [-0.25, -0.2) is 13.2 Å². The van der Waals surface area contributed by atoms with Crippen LogP contribution < -0.4 is 4.74 Å². The summed E-state index contributed by atoms with van der Waals surface area (Å²) in [7, 11) is 0. The number of ether oxygens (including phenoxy) is 2. The first kappa shape index (κ1) is 30.8. The van der Waals surface area contributed by atoms with Crippen molar-refractivity contribution in [3.63, 3.8) is 0 Å². The van der Waals surface area contributed by atoms with Gasteiger partial charge in [0.25, 0.3) is 0 Å². The molecule has 6 heteroatoms. The molecule has 2 nitrogen and oxygen atoms in total. The molecule has 0 atom stereocenters. The molecule has 220 valence electrons. The molecule has 0 aromatic heterocycles. The standard InChI is InChI=1S/C35H40F4O2/c1-3-5-7-23-41-31-21-16-27(32(36)35(31)39)13-10-24-8-11-25(12-9-24)29-19-20-30(34(38)33(29)37)26-14-17-28(18-15-26)40-22-6-4-2/h3,8-9,11-12,16,19-21,26,28H,1,4-7,10,13-15,17-18,22-23H2,2H3. The molecule has 0 saturated heterocycles. The van der Waals surface area contributed by atoms with Crippen molar-refractivity contribution in [1.29, 1.82) is 0 Å². The van der Waals surface area contributed by atoms with Gasteiger partial charge >= 0.3 is 0 Å². The van der Waals surface area contributed by atoms with E-state index < -0.39 is 23.3 Å². The molecule has 0 spiro atoms. The van der Waals surface area contributed by atoms with E-state index in [1.165, 1.54) is 6.07 Å². The zero-order valence-electron chi connectivity index (χ0n) is 23.9. The Hall–Kier alpha value is -3.12. The van der Waals surface area contributed by atoms with Gasteiger partial charge in [0.15, 0.2) is 23.2 Å². The lowest BCUT2D eigenvalue weighted by Gasteiger charge is -2.29. The van der Waals surface area contributed by atoms with Crippen LogP contribution in [0.5, 0.6) is 5.75 Å². The second-order valence-corrected chi connectivity index (χ2v) is 10.9. The molecule has 1 saturated carbocycles. The summed E-state index contributed by atoms with van der Waals surface area (Å²) in [6.07, 6.45) is 9.59. The molecular formula is C35H40F4O2. The Bertz CT molecular complexity index is 1280. The van der Waals surface area contributed by atoms with E-state index in [1.54, 1.807) is 36.4 Å². The molecular weight excluding hydrogens is 528 g/mol. The zero-order valence-corrected chi connectivity index (χ0v) is 23.9. The van der Waals surface area contributed by atoms with Crippen LogP contribution in [0.2, 0.25) is 0 Å². The second kappa shape index (κ2) is 15.2. The summed E-state index contributed by atoms with van der Waals surface area (Å²) in [4.78, 5) is 0. The molecule has 3 aromatic rings. The van der Waals surface area contributed by atoms with E-state index in [1.807, 2.05) is 12.1 Å². The van der Waals surface area contributed by atoms with E-state index in [-0.39, 0.29) is 35.5 Å². The third-order valence-electron chi connectivity index (χ3n) is 7.96. The lowest BCUT2D eigenvalue weighted by atomic mass is 9.82. The van der Waals surface area contributed by atoms with Crippen molar-refractivity contribution in [2.24, 2.45) is 0 Å². The maximum absolute atomic E-state index is 15.2. The number of benzene rings is 3. The van der Waals surface area contributed by atoms with Crippen molar-refractivity contribution in [3.05, 3.63) is 101 Å². The van der Waals surface area contributed by atoms with Gasteiger partial charge in [-0.1, -0.05) is 61.9 Å². The first-order valence-electron chi connectivity index (χ1n) is 14.8. The van der Waals surface area contributed by atoms with E-state index in [4.69, 9.17) is 9.47 Å². The molecule has 0 unspecified atom stereocenters. The monoisotopic (exact) mass is 568 g/mol. The van der Waals surface area contributed by atoms with E-state index in [9.17, 15) is 8.78 Å². The van der Waals surface area contributed by atoms with Crippen molar-refractivity contribution in [2.45, 2.75) is 83.2 Å². The molecule has 4 rings (SSSR count). The highest BCUT2D eigenvalue weighted by Gasteiger charge is 2.27. The van der Waals surface area contributed by atoms with Crippen molar-refractivity contribution >= 4 is 0 Å². The molecule has 1 aliphatic rings. The summed E-state index contributed by atoms with van der Waals surface area (Å²) in [6.45, 7) is 6.81. The second-order valence-electron chi connectivity index (χ2n) is 10.9. The summed E-state index contributed by atoms with van der Waals surface area (Å²) in [5.74, 6) is -3.59. The van der Waals surface area contributed by atoms with Crippen molar-refractivity contribution < 1.29 is 27.0 Å². The fourth-order valence-corrected chi connectivity index (χ4v) is 5.45. The molecule has 0 amide bonds. The largest absolute Gasteiger partial charge is 0.490 e. The first-order chi connectivity index (χ1) is 19.9. The van der Waals surface area contributed by atoms with E-state index in [0.717, 1.165) is 57.1 Å². The Balaban J connectivity index is 1.35. The quantitative estimate of drug-likeness (QED) is 0.109. The predicted octanol–water partition coefficient (Wildman–Crippen LogP) is 9.88. The molecule has 3 aromatic carbocycles. The van der Waals surface area contributed by atoms with Gasteiger partial charge in [0.2, 0.25) is 5.82 Å². The van der Waals surface area contributed by atoms with Crippen LogP contribution in [0.3, 0.4) is 0 Å². The Morgan fingerprint density at radius 1 is 0.780 bits per heavy atom. The summed E-state index contributed by atoms with van der Waals surface area (Å²) < 4.78 is 70.7. The molecule has 0 N–H and O–H groups in total. The smallest absolute Gasteiger partial charge is 0.200 e. The molecule has 1 aliphatic carbocycles. The third-order valence-corrected chi connectivity index (χ3v) is 7.96. The summed E-state index contributed by atoms with van der Waals surface area (Å²) in [5, 5.41) is 0. The highest BCUT2D eigenvalue weighted by Crippen LogP contribution is 2.38. The van der Waals surface area contributed by atoms with Crippen LogP contribution in [0.15, 0.2) is 61.2 Å². The molecule has 0 aliphatic heterocycles. The van der Waals surface area contributed by atoms with E-state index in [0.29, 0.717) is 30.4 Å². The molecule has 0 heterocycles. The number of aryl methyl sites for hydroxylation is 2. The minimum Gasteiger partial charge on any atom is -0.490 e. The summed E-state index contributed by atoms with van der Waals surface area (Å²) >= 11 is 0. The van der Waals surface area contributed by atoms with Crippen molar-refractivity contribution in [2.75, 3.05) is 13.2 Å². The van der Waals surface area contributed by atoms with Gasteiger partial charge in [0.05, 0.1) is 12.7 Å². The van der Waals surface area contributed by atoms with Gasteiger partial charge in [-0.2, -0.15) is 4.39 Å². The highest BCUT2D eigenvalue weighted by atomic mass is 19.2. The molecule has 0 bridgehead atoms. The Labute approximate surface area is 241 Å². The minimum atomic E-state index is -0.981. The summed E-state index contributed by atoms with van der Waals surface area (Å²) in [6, 6.07) is 13.5. The third kappa shape index (κ3) is 8.00. The van der Waals surface area contributed by atoms with Crippen LogP contribution in [-0.4, -0.2) is 19.3 Å². The number of halogens is 4. The predicted molar refractivity (Wildman–Crippen MR) is 156 cm³/mol. The Morgan fingerprint density at radius 2 is 1.54 bits per heavy atom. The fraction of sp³-hybridized carbons (Fsp3) is 0.429. The number of unbranched alkanes of at least 4 members (excludes halogenated alkanes) is 2. The SMILES string of the molecule is C=CCCCOc1ccc(CCc2ccc(-c3ccc(C4CCC(OCCCC)CC4)c(F)c3F)cc2)c(F)c1F. The highest BCUT2D eigenvalue weighted by molar-refractivity contribution is 5.65. The summed E-state index contributed by atoms with van der Waals surface area (Å²) in [5.41, 5.74) is 2.37. The first-order valence-corrected chi connectivity index (χ1v) is 14.8. The van der Waals surface area contributed by atoms with Crippen molar-refractivity contribution in [1.82, 2.24) is 0 Å². The van der Waals surface area contributed by atoms with Gasteiger partial charge in [-0.3, -0.25) is 0 Å². The average molecular weight is 569 g/mol. The van der Waals surface area contributed by atoms with E-state index in [2.05, 4.69) is 13.5 Å². The van der Waals surface area contributed by atoms with Crippen LogP contribution in [-0.2, 0) is 17.6 Å². The molecule has 1 fully saturated rings. The van der Waals surface area contributed by atoms with Crippen LogP contribution in [0.25, 0.3) is 11.1 Å². The number of rotatable bonds is 14. The lowest BCUT2D eigenvalue weighted by Crippen LogP contribution is -2.22. The number of allylic oxidation sites excluding steroid dienone is 1. The van der Waals surface area contributed by atoms with Crippen LogP contribution in [0.4, 0.5) is 17.6 Å². The fourth-order valence-electron chi connectivity index (χ4n) is 5.45. The van der Waals surface area contributed by atoms with Crippen LogP contribution in [0, 0.1) is 23.3 Å². The van der Waals surface area contributed by atoms with Crippen molar-refractivity contribution in [3.8, 4) is 16.9 Å². The van der Waals surface area contributed by atoms with Crippen LogP contribution in [0.1, 0.15) is 80.9 Å². The Morgan fingerprint density at radius 3 is 2.24 bits per heavy atom. The van der Waals surface area contributed by atoms with Crippen LogP contribution >= 0.6 is 0 Å². The molecule has 41 heavy (non-hydrogen) atoms. The maximum atomic E-state index is 15.2. The van der Waals surface area contributed by atoms with Gasteiger partial charge in [0.1, 0.15) is 0 Å².